The van der Waals surface area contributed by atoms with E-state index in [0.29, 0.717) is 5.95 Å². The summed E-state index contributed by atoms with van der Waals surface area (Å²) >= 11 is 0. The number of furan rings is 1. The van der Waals surface area contributed by atoms with Crippen molar-refractivity contribution < 1.29 is 9.15 Å². The summed E-state index contributed by atoms with van der Waals surface area (Å²) in [7, 11) is 0. The molecule has 50 heavy (non-hydrogen) atoms. The first kappa shape index (κ1) is 26.1. The topological polar surface area (TPSA) is 58.0 Å². The van der Waals surface area contributed by atoms with Crippen molar-refractivity contribution in [2.75, 3.05) is 0 Å². The fourth-order valence-corrected chi connectivity index (χ4v) is 8.23. The van der Waals surface area contributed by atoms with Crippen LogP contribution in [0, 0.1) is 0 Å². The molecule has 0 saturated heterocycles. The van der Waals surface area contributed by atoms with E-state index in [9.17, 15) is 0 Å². The van der Waals surface area contributed by atoms with Gasteiger partial charge in [-0.2, -0.15) is 0 Å². The maximum atomic E-state index is 6.30. The van der Waals surface area contributed by atoms with Gasteiger partial charge in [-0.05, 0) is 66.7 Å². The number of rotatable bonds is 2. The number of nitrogens with zero attached hydrogens (tertiary/aromatic N) is 4. The molecule has 232 valence electrons. The fraction of sp³-hybridized carbons (Fsp3) is 0. The van der Waals surface area contributed by atoms with Gasteiger partial charge in [-0.25, -0.2) is 9.97 Å². The van der Waals surface area contributed by atoms with Crippen LogP contribution in [0.15, 0.2) is 150 Å². The van der Waals surface area contributed by atoms with Gasteiger partial charge in [-0.15, -0.1) is 0 Å². The summed E-state index contributed by atoms with van der Waals surface area (Å²) < 4.78 is 17.2. The number of hydrogen-bond donors (Lipinski definition) is 0. The Labute approximate surface area is 284 Å². The highest BCUT2D eigenvalue weighted by Crippen LogP contribution is 2.46. The molecule has 5 heterocycles. The molecule has 1 aliphatic heterocycles. The molecule has 7 aromatic carbocycles. The second kappa shape index (κ2) is 9.36. The van der Waals surface area contributed by atoms with Crippen LogP contribution < -0.4 is 4.74 Å². The average molecular weight is 641 g/mol. The van der Waals surface area contributed by atoms with E-state index < -0.39 is 0 Å². The Morgan fingerprint density at radius 2 is 1.20 bits per heavy atom. The predicted octanol–water partition coefficient (Wildman–Crippen LogP) is 11.5. The molecule has 4 aromatic heterocycles. The van der Waals surface area contributed by atoms with E-state index >= 15 is 0 Å². The number of fused-ring (bicyclic) bond motifs is 12. The van der Waals surface area contributed by atoms with Gasteiger partial charge in [0.2, 0.25) is 5.95 Å². The highest BCUT2D eigenvalue weighted by molar-refractivity contribution is 6.26. The molecule has 0 atom stereocenters. The summed E-state index contributed by atoms with van der Waals surface area (Å²) in [5, 5.41) is 7.83. The zero-order valence-corrected chi connectivity index (χ0v) is 26.5. The third-order valence-corrected chi connectivity index (χ3v) is 10.3. The molecule has 6 nitrogen and oxygen atoms in total. The van der Waals surface area contributed by atoms with Gasteiger partial charge in [-0.3, -0.25) is 4.57 Å². The highest BCUT2D eigenvalue weighted by Gasteiger charge is 2.26. The molecule has 0 unspecified atom stereocenters. The summed E-state index contributed by atoms with van der Waals surface area (Å²) in [6.45, 7) is 0. The lowest BCUT2D eigenvalue weighted by Crippen LogP contribution is -2.06. The molecule has 0 bridgehead atoms. The molecule has 0 aliphatic carbocycles. The Kier molecular flexibility index (Phi) is 4.89. The Balaban J connectivity index is 1.22. The summed E-state index contributed by atoms with van der Waals surface area (Å²) in [5.41, 5.74) is 9.92. The Bertz CT molecular complexity index is 3250. The van der Waals surface area contributed by atoms with Crippen molar-refractivity contribution in [3.63, 3.8) is 0 Å². The predicted molar refractivity (Wildman–Crippen MR) is 201 cm³/mol. The fourth-order valence-electron chi connectivity index (χ4n) is 8.23. The first-order valence-corrected chi connectivity index (χ1v) is 16.8. The van der Waals surface area contributed by atoms with Crippen LogP contribution in [0.25, 0.3) is 99.3 Å². The Morgan fingerprint density at radius 1 is 0.460 bits per heavy atom. The average Bonchev–Trinajstić information content (AvgIpc) is 3.82. The molecule has 1 aliphatic rings. The summed E-state index contributed by atoms with van der Waals surface area (Å²) in [5.74, 6) is 2.20. The van der Waals surface area contributed by atoms with Gasteiger partial charge in [0, 0.05) is 43.6 Å². The van der Waals surface area contributed by atoms with Crippen LogP contribution >= 0.6 is 0 Å². The van der Waals surface area contributed by atoms with E-state index in [1.54, 1.807) is 0 Å². The molecular formula is C44H24N4O2. The number of ether oxygens (including phenoxy) is 1. The molecule has 6 heteroatoms. The second-order valence-corrected chi connectivity index (χ2v) is 13.0. The number of hydrogen-bond acceptors (Lipinski definition) is 4. The van der Waals surface area contributed by atoms with Crippen LogP contribution in [0.4, 0.5) is 0 Å². The maximum absolute atomic E-state index is 6.30. The van der Waals surface area contributed by atoms with Crippen LogP contribution in [-0.2, 0) is 0 Å². The lowest BCUT2D eigenvalue weighted by atomic mass is 10.0. The van der Waals surface area contributed by atoms with Gasteiger partial charge in [0.15, 0.2) is 0 Å². The Hall–Kier alpha value is -6.92. The molecule has 0 radical (unpaired) electrons. The monoisotopic (exact) mass is 640 g/mol. The number of benzene rings is 7. The second-order valence-electron chi connectivity index (χ2n) is 13.0. The van der Waals surface area contributed by atoms with Crippen molar-refractivity contribution in [2.24, 2.45) is 0 Å². The van der Waals surface area contributed by atoms with Gasteiger partial charge < -0.3 is 13.7 Å². The van der Waals surface area contributed by atoms with Crippen LogP contribution in [0.3, 0.4) is 0 Å². The molecular weight excluding hydrogens is 617 g/mol. The van der Waals surface area contributed by atoms with Crippen LogP contribution in [-0.4, -0.2) is 19.1 Å². The standard InChI is InChI=1S/C44H24N4O2/c1-5-15-33-26(10-1)28-21-22-35-40(43(28)47(33)25-20-23-38-31(24-25)27-11-3-7-17-36(27)49-38)29-12-2-6-16-34(29)48(35)44-45-32-14-9-19-39-41(32)42(46-44)30-13-4-8-18-37(30)50-39/h1-24H. The number of para-hydroxylation sites is 4. The summed E-state index contributed by atoms with van der Waals surface area (Å²) in [6.07, 6.45) is 0. The van der Waals surface area contributed by atoms with Gasteiger partial charge >= 0.3 is 0 Å². The summed E-state index contributed by atoms with van der Waals surface area (Å²) in [4.78, 5) is 10.5. The Morgan fingerprint density at radius 3 is 2.12 bits per heavy atom. The van der Waals surface area contributed by atoms with Crippen molar-refractivity contribution in [1.82, 2.24) is 19.1 Å². The van der Waals surface area contributed by atoms with Crippen LogP contribution in [0.1, 0.15) is 0 Å². The summed E-state index contributed by atoms with van der Waals surface area (Å²) in [6, 6.07) is 50.7. The van der Waals surface area contributed by atoms with Gasteiger partial charge in [0.05, 0.1) is 38.7 Å². The SMILES string of the molecule is c1ccc2c(c1)Oc1cccc3nc(-n4c5ccccc5c5c4ccc4c6ccccc6n(-c6ccc7oc8ccccc8c7c6)c45)nc-2c13. The minimum absolute atomic E-state index is 0.626. The smallest absolute Gasteiger partial charge is 0.235 e. The lowest BCUT2D eigenvalue weighted by molar-refractivity contribution is 0.486. The minimum atomic E-state index is 0.626. The molecule has 0 N–H and O–H groups in total. The van der Waals surface area contributed by atoms with Crippen LogP contribution in [0.2, 0.25) is 0 Å². The first-order chi connectivity index (χ1) is 24.8. The van der Waals surface area contributed by atoms with E-state index in [1.165, 1.54) is 10.8 Å². The lowest BCUT2D eigenvalue weighted by Gasteiger charge is -2.20. The van der Waals surface area contributed by atoms with E-state index in [1.807, 2.05) is 48.5 Å². The van der Waals surface area contributed by atoms with Crippen molar-refractivity contribution >= 4 is 76.5 Å². The molecule has 0 spiro atoms. The van der Waals surface area contributed by atoms with Crippen LogP contribution in [0.5, 0.6) is 11.5 Å². The van der Waals surface area contributed by atoms with Crippen molar-refractivity contribution in [2.45, 2.75) is 0 Å². The van der Waals surface area contributed by atoms with E-state index in [2.05, 4.69) is 106 Å². The third kappa shape index (κ3) is 3.32. The molecule has 0 fully saturated rings. The molecule has 11 aromatic rings. The normalized spacial score (nSPS) is 12.6. The van der Waals surface area contributed by atoms with E-state index in [4.69, 9.17) is 19.1 Å². The van der Waals surface area contributed by atoms with E-state index in [0.717, 1.165) is 94.1 Å². The van der Waals surface area contributed by atoms with Gasteiger partial charge in [0.1, 0.15) is 22.7 Å². The molecule has 0 amide bonds. The van der Waals surface area contributed by atoms with Gasteiger partial charge in [0.25, 0.3) is 0 Å². The molecule has 0 saturated carbocycles. The minimum Gasteiger partial charge on any atom is -0.456 e. The first-order valence-electron chi connectivity index (χ1n) is 16.8. The van der Waals surface area contributed by atoms with E-state index in [-0.39, 0.29) is 0 Å². The maximum Gasteiger partial charge on any atom is 0.235 e. The number of aromatic nitrogens is 4. The third-order valence-electron chi connectivity index (χ3n) is 10.3. The molecule has 12 rings (SSSR count). The highest BCUT2D eigenvalue weighted by atomic mass is 16.5. The van der Waals surface area contributed by atoms with Crippen molar-refractivity contribution in [3.8, 4) is 34.4 Å². The van der Waals surface area contributed by atoms with Crippen molar-refractivity contribution in [1.29, 1.82) is 0 Å². The zero-order valence-electron chi connectivity index (χ0n) is 26.5. The quantitative estimate of drug-likeness (QED) is 0.189. The van der Waals surface area contributed by atoms with Crippen molar-refractivity contribution in [3.05, 3.63) is 146 Å². The largest absolute Gasteiger partial charge is 0.456 e. The zero-order chi connectivity index (χ0) is 32.5. The van der Waals surface area contributed by atoms with Gasteiger partial charge in [-0.1, -0.05) is 78.9 Å².